The van der Waals surface area contributed by atoms with Crippen LogP contribution in [0.25, 0.3) is 22.1 Å². The molecule has 4 aromatic rings. The van der Waals surface area contributed by atoms with Crippen LogP contribution in [0.2, 0.25) is 0 Å². The summed E-state index contributed by atoms with van der Waals surface area (Å²) in [5.41, 5.74) is 1.07. The van der Waals surface area contributed by atoms with E-state index in [9.17, 15) is 22.0 Å². The number of hydrogen-bond acceptors (Lipinski definition) is 6. The number of halogens is 2. The van der Waals surface area contributed by atoms with Crippen LogP contribution in [-0.4, -0.2) is 40.7 Å². The molecular formula is C20H17F2N5O4S. The molecule has 9 nitrogen and oxygen atoms in total. The molecule has 166 valence electrons. The normalized spacial score (nSPS) is 14.9. The first kappa shape index (κ1) is 20.7. The van der Waals surface area contributed by atoms with Gasteiger partial charge in [-0.15, -0.1) is 0 Å². The van der Waals surface area contributed by atoms with E-state index in [1.54, 1.807) is 19.1 Å². The monoisotopic (exact) mass is 461 g/mol. The number of imidazole rings is 1. The first-order chi connectivity index (χ1) is 15.1. The fourth-order valence-corrected chi connectivity index (χ4v) is 4.40. The van der Waals surface area contributed by atoms with E-state index in [1.165, 1.54) is 15.3 Å². The second-order valence-electron chi connectivity index (χ2n) is 7.66. The van der Waals surface area contributed by atoms with Crippen LogP contribution in [0.1, 0.15) is 17.3 Å². The van der Waals surface area contributed by atoms with Crippen molar-refractivity contribution < 1.29 is 21.9 Å². The number of sulfonamides is 1. The molecule has 1 aliphatic rings. The summed E-state index contributed by atoms with van der Waals surface area (Å²) in [6.07, 6.45) is 1.51. The lowest BCUT2D eigenvalue weighted by Crippen LogP contribution is -2.38. The van der Waals surface area contributed by atoms with Crippen LogP contribution in [0.3, 0.4) is 0 Å². The molecule has 0 aliphatic carbocycles. The van der Waals surface area contributed by atoms with Gasteiger partial charge in [0.25, 0.3) is 0 Å². The summed E-state index contributed by atoms with van der Waals surface area (Å²) in [6, 6.07) is 4.55. The average molecular weight is 461 g/mol. The molecule has 4 heterocycles. The summed E-state index contributed by atoms with van der Waals surface area (Å²) in [5, 5.41) is 5.53. The van der Waals surface area contributed by atoms with Crippen molar-refractivity contribution in [3.8, 4) is 0 Å². The van der Waals surface area contributed by atoms with Crippen LogP contribution < -0.4 is 10.8 Å². The van der Waals surface area contributed by atoms with Gasteiger partial charge in [-0.05, 0) is 31.2 Å². The maximum absolute atomic E-state index is 14.7. The highest BCUT2D eigenvalue weighted by molar-refractivity contribution is 7.89. The molecule has 12 heteroatoms. The van der Waals surface area contributed by atoms with E-state index in [-0.39, 0.29) is 6.04 Å². The Kier molecular flexibility index (Phi) is 4.62. The second kappa shape index (κ2) is 7.15. The minimum atomic E-state index is -4.30. The van der Waals surface area contributed by atoms with E-state index in [4.69, 9.17) is 9.88 Å². The molecule has 0 bridgehead atoms. The van der Waals surface area contributed by atoms with Gasteiger partial charge in [-0.2, -0.15) is 0 Å². The number of pyridine rings is 2. The molecule has 3 aromatic heterocycles. The number of nitrogens with zero attached hydrogens (tertiary/aromatic N) is 4. The summed E-state index contributed by atoms with van der Waals surface area (Å²) in [4.78, 5) is 21.4. The molecule has 2 N–H and O–H groups in total. The lowest BCUT2D eigenvalue weighted by Gasteiger charge is -2.26. The fourth-order valence-electron chi connectivity index (χ4n) is 3.86. The molecule has 32 heavy (non-hydrogen) atoms. The lowest BCUT2D eigenvalue weighted by molar-refractivity contribution is -0.0231. The van der Waals surface area contributed by atoms with Crippen molar-refractivity contribution in [2.45, 2.75) is 24.4 Å². The molecule has 1 aromatic carbocycles. The van der Waals surface area contributed by atoms with Gasteiger partial charge in [-0.25, -0.2) is 37.1 Å². The number of fused-ring (bicyclic) bond motifs is 3. The lowest BCUT2D eigenvalue weighted by atomic mass is 10.1. The van der Waals surface area contributed by atoms with Crippen molar-refractivity contribution in [2.75, 3.05) is 13.2 Å². The molecule has 1 aliphatic heterocycles. The topological polar surface area (TPSA) is 122 Å². The number of nitrogens with two attached hydrogens (primary N) is 1. The van der Waals surface area contributed by atoms with Gasteiger partial charge in [0.1, 0.15) is 11.6 Å². The van der Waals surface area contributed by atoms with Crippen LogP contribution >= 0.6 is 0 Å². The Morgan fingerprint density at radius 3 is 2.50 bits per heavy atom. The highest BCUT2D eigenvalue weighted by Crippen LogP contribution is 2.28. The first-order valence-corrected chi connectivity index (χ1v) is 11.2. The fraction of sp³-hybridized carbons (Fsp3) is 0.250. The van der Waals surface area contributed by atoms with Gasteiger partial charge in [-0.3, -0.25) is 9.13 Å². The van der Waals surface area contributed by atoms with Crippen LogP contribution in [0.5, 0.6) is 0 Å². The van der Waals surface area contributed by atoms with Crippen LogP contribution in [0.4, 0.5) is 8.78 Å². The van der Waals surface area contributed by atoms with Crippen LogP contribution in [0.15, 0.2) is 40.2 Å². The Bertz CT molecular complexity index is 1550. The van der Waals surface area contributed by atoms with Crippen LogP contribution in [-0.2, 0) is 21.3 Å². The van der Waals surface area contributed by atoms with Gasteiger partial charge in [0.2, 0.25) is 10.0 Å². The van der Waals surface area contributed by atoms with Gasteiger partial charge < -0.3 is 4.74 Å². The predicted octanol–water partition coefficient (Wildman–Crippen LogP) is 1.60. The maximum Gasteiger partial charge on any atom is 0.329 e. The quantitative estimate of drug-likeness (QED) is 0.493. The zero-order valence-electron chi connectivity index (χ0n) is 16.7. The van der Waals surface area contributed by atoms with Crippen molar-refractivity contribution in [3.63, 3.8) is 0 Å². The number of rotatable bonds is 4. The van der Waals surface area contributed by atoms with Gasteiger partial charge in [0, 0.05) is 16.6 Å². The number of primary sulfonamides is 1. The minimum Gasteiger partial charge on any atom is -0.377 e. The summed E-state index contributed by atoms with van der Waals surface area (Å²) in [7, 11) is -4.30. The largest absolute Gasteiger partial charge is 0.377 e. The molecule has 5 rings (SSSR count). The van der Waals surface area contributed by atoms with E-state index in [2.05, 4.69) is 9.97 Å². The Morgan fingerprint density at radius 1 is 1.22 bits per heavy atom. The summed E-state index contributed by atoms with van der Waals surface area (Å²) < 4.78 is 60.4. The van der Waals surface area contributed by atoms with Crippen molar-refractivity contribution in [1.82, 2.24) is 19.1 Å². The average Bonchev–Trinajstić information content (AvgIpc) is 2.94. The highest BCUT2D eigenvalue weighted by Gasteiger charge is 2.28. The number of benzene rings is 1. The SMILES string of the molecule is Cc1ccc2c(ncc3c2n(Cc2c(F)cc(S(N)(=O)=O)cc2F)c(=O)n3C2COC2)n1. The Morgan fingerprint density at radius 2 is 1.91 bits per heavy atom. The van der Waals surface area contributed by atoms with E-state index in [1.807, 2.05) is 0 Å². The summed E-state index contributed by atoms with van der Waals surface area (Å²) in [6.45, 7) is 1.99. The summed E-state index contributed by atoms with van der Waals surface area (Å²) >= 11 is 0. The van der Waals surface area contributed by atoms with Gasteiger partial charge in [-0.1, -0.05) is 0 Å². The minimum absolute atomic E-state index is 0.233. The van der Waals surface area contributed by atoms with E-state index in [0.717, 1.165) is 5.69 Å². The van der Waals surface area contributed by atoms with Gasteiger partial charge in [0.05, 0.1) is 47.9 Å². The molecule has 1 saturated heterocycles. The van der Waals surface area contributed by atoms with E-state index in [0.29, 0.717) is 47.4 Å². The Labute approximate surface area is 180 Å². The third-order valence-electron chi connectivity index (χ3n) is 5.53. The van der Waals surface area contributed by atoms with E-state index >= 15 is 0 Å². The van der Waals surface area contributed by atoms with Crippen molar-refractivity contribution >= 4 is 32.1 Å². The van der Waals surface area contributed by atoms with Gasteiger partial charge >= 0.3 is 5.69 Å². The molecule has 0 radical (unpaired) electrons. The predicted molar refractivity (Wildman–Crippen MR) is 111 cm³/mol. The standard InChI is InChI=1S/C20H17F2N5O4S/c1-10-2-3-13-18-17(6-24-19(13)25-10)27(11-8-31-9-11)20(28)26(18)7-14-15(21)4-12(5-16(14)22)32(23,29)30/h2-6,11H,7-9H2,1H3,(H2,23,29,30). The maximum atomic E-state index is 14.7. The number of ether oxygens (including phenoxy) is 1. The Hall–Kier alpha value is -3.22. The third kappa shape index (κ3) is 3.18. The molecule has 1 fully saturated rings. The molecule has 0 atom stereocenters. The zero-order chi connectivity index (χ0) is 22.8. The van der Waals surface area contributed by atoms with Crippen molar-refractivity contribution in [1.29, 1.82) is 0 Å². The molecule has 0 amide bonds. The molecule has 0 unspecified atom stereocenters. The van der Waals surface area contributed by atoms with Crippen molar-refractivity contribution in [3.05, 3.63) is 63.8 Å². The Balaban J connectivity index is 1.77. The number of aromatic nitrogens is 4. The second-order valence-corrected chi connectivity index (χ2v) is 9.22. The molecule has 0 saturated carbocycles. The number of hydrogen-bond donors (Lipinski definition) is 1. The molecule has 0 spiro atoms. The van der Waals surface area contributed by atoms with Crippen LogP contribution in [0, 0.1) is 18.6 Å². The highest BCUT2D eigenvalue weighted by atomic mass is 32.2. The number of aryl methyl sites for hydroxylation is 1. The zero-order valence-corrected chi connectivity index (χ0v) is 17.6. The molecular weight excluding hydrogens is 444 g/mol. The van der Waals surface area contributed by atoms with Gasteiger partial charge in [0.15, 0.2) is 5.65 Å². The van der Waals surface area contributed by atoms with Crippen molar-refractivity contribution in [2.24, 2.45) is 5.14 Å². The summed E-state index contributed by atoms with van der Waals surface area (Å²) in [5.74, 6) is -2.25. The first-order valence-electron chi connectivity index (χ1n) is 9.60. The third-order valence-corrected chi connectivity index (χ3v) is 6.43. The van der Waals surface area contributed by atoms with E-state index < -0.39 is 44.4 Å². The smallest absolute Gasteiger partial charge is 0.329 e.